The standard InChI is InChI=1S/C38H31N3S/c1-24-20-30(25(2)19-29(24)28-16-17-33(40-23-28)32-11-9-10-18-39-32)31-21-27(4)36(22-26(31)3)41-34-12-5-7-14-37(34)42-38-15-8-6-13-35(38)41/h5-23H,1-4H3. The van der Waals surface area contributed by atoms with Gasteiger partial charge in [-0.3, -0.25) is 9.97 Å². The smallest absolute Gasteiger partial charge is 0.0886 e. The molecule has 3 nitrogen and oxygen atoms in total. The van der Waals surface area contributed by atoms with E-state index in [9.17, 15) is 0 Å². The number of hydrogen-bond donors (Lipinski definition) is 0. The van der Waals surface area contributed by atoms with Gasteiger partial charge in [0, 0.05) is 33.4 Å². The van der Waals surface area contributed by atoms with Crippen molar-refractivity contribution in [3.8, 4) is 33.6 Å². The molecule has 6 aromatic rings. The normalized spacial score (nSPS) is 12.1. The van der Waals surface area contributed by atoms with Gasteiger partial charge < -0.3 is 4.90 Å². The lowest BCUT2D eigenvalue weighted by Crippen LogP contribution is -2.16. The predicted molar refractivity (Wildman–Crippen MR) is 176 cm³/mol. The van der Waals surface area contributed by atoms with Crippen molar-refractivity contribution in [2.75, 3.05) is 4.90 Å². The Morgan fingerprint density at radius 2 is 1.07 bits per heavy atom. The van der Waals surface area contributed by atoms with Crippen molar-refractivity contribution in [3.63, 3.8) is 0 Å². The van der Waals surface area contributed by atoms with E-state index in [1.54, 1.807) is 6.20 Å². The van der Waals surface area contributed by atoms with E-state index in [-0.39, 0.29) is 0 Å². The van der Waals surface area contributed by atoms with Crippen LogP contribution in [0.1, 0.15) is 22.3 Å². The minimum absolute atomic E-state index is 0.883. The topological polar surface area (TPSA) is 29.0 Å². The van der Waals surface area contributed by atoms with Crippen LogP contribution >= 0.6 is 11.8 Å². The van der Waals surface area contributed by atoms with E-state index in [2.05, 4.69) is 123 Å². The van der Waals surface area contributed by atoms with Gasteiger partial charge in [0.15, 0.2) is 0 Å². The first kappa shape index (κ1) is 26.2. The van der Waals surface area contributed by atoms with Gasteiger partial charge in [0.1, 0.15) is 0 Å². The van der Waals surface area contributed by atoms with Crippen LogP contribution in [0.3, 0.4) is 0 Å². The molecule has 0 N–H and O–H groups in total. The highest BCUT2D eigenvalue weighted by molar-refractivity contribution is 7.99. The molecule has 0 spiro atoms. The molecule has 1 aliphatic heterocycles. The molecule has 3 heterocycles. The second-order valence-electron chi connectivity index (χ2n) is 11.0. The number of nitrogens with zero attached hydrogens (tertiary/aromatic N) is 3. The first-order valence-corrected chi connectivity index (χ1v) is 15.1. The van der Waals surface area contributed by atoms with Crippen molar-refractivity contribution in [2.45, 2.75) is 37.5 Å². The average Bonchev–Trinajstić information content (AvgIpc) is 3.02. The Morgan fingerprint density at radius 1 is 0.500 bits per heavy atom. The van der Waals surface area contributed by atoms with Gasteiger partial charge in [-0.25, -0.2) is 0 Å². The van der Waals surface area contributed by atoms with Crippen LogP contribution in [0, 0.1) is 27.7 Å². The third kappa shape index (κ3) is 4.58. The highest BCUT2D eigenvalue weighted by atomic mass is 32.2. The summed E-state index contributed by atoms with van der Waals surface area (Å²) in [5, 5.41) is 0. The maximum atomic E-state index is 4.72. The van der Waals surface area contributed by atoms with Crippen molar-refractivity contribution in [3.05, 3.63) is 138 Å². The summed E-state index contributed by atoms with van der Waals surface area (Å²) in [6.45, 7) is 8.88. The second-order valence-corrected chi connectivity index (χ2v) is 12.0. The summed E-state index contributed by atoms with van der Waals surface area (Å²) in [6, 6.07) is 36.9. The van der Waals surface area contributed by atoms with Gasteiger partial charge in [0.25, 0.3) is 0 Å². The van der Waals surface area contributed by atoms with E-state index in [1.807, 2.05) is 36.2 Å². The van der Waals surface area contributed by atoms with Gasteiger partial charge in [-0.05, 0) is 121 Å². The molecule has 1 aliphatic rings. The monoisotopic (exact) mass is 561 g/mol. The lowest BCUT2D eigenvalue weighted by Gasteiger charge is -2.34. The quantitative estimate of drug-likeness (QED) is 0.214. The molecule has 0 amide bonds. The van der Waals surface area contributed by atoms with Crippen molar-refractivity contribution in [1.29, 1.82) is 0 Å². The molecule has 0 bridgehead atoms. The Bertz CT molecular complexity index is 1900. The highest BCUT2D eigenvalue weighted by Gasteiger charge is 2.26. The number of rotatable bonds is 4. The summed E-state index contributed by atoms with van der Waals surface area (Å²) in [5.41, 5.74) is 15.3. The van der Waals surface area contributed by atoms with Crippen molar-refractivity contribution >= 4 is 28.8 Å². The number of benzene rings is 4. The average molecular weight is 562 g/mol. The number of para-hydroxylation sites is 2. The zero-order valence-electron chi connectivity index (χ0n) is 24.2. The van der Waals surface area contributed by atoms with Crippen LogP contribution in [-0.2, 0) is 0 Å². The lowest BCUT2D eigenvalue weighted by molar-refractivity contribution is 1.15. The van der Waals surface area contributed by atoms with E-state index >= 15 is 0 Å². The van der Waals surface area contributed by atoms with Crippen LogP contribution in [0.15, 0.2) is 125 Å². The van der Waals surface area contributed by atoms with E-state index in [0.29, 0.717) is 0 Å². The molecule has 0 atom stereocenters. The molecule has 0 aliphatic carbocycles. The highest BCUT2D eigenvalue weighted by Crippen LogP contribution is 2.52. The fraction of sp³-hybridized carbons (Fsp3) is 0.105. The number of aromatic nitrogens is 2. The zero-order valence-corrected chi connectivity index (χ0v) is 25.0. The lowest BCUT2D eigenvalue weighted by atomic mass is 9.89. The van der Waals surface area contributed by atoms with E-state index in [4.69, 9.17) is 4.98 Å². The molecule has 2 aromatic heterocycles. The van der Waals surface area contributed by atoms with Crippen molar-refractivity contribution < 1.29 is 0 Å². The fourth-order valence-corrected chi connectivity index (χ4v) is 6.99. The molecule has 42 heavy (non-hydrogen) atoms. The van der Waals surface area contributed by atoms with Gasteiger partial charge in [0.2, 0.25) is 0 Å². The Labute approximate surface area is 251 Å². The third-order valence-electron chi connectivity index (χ3n) is 8.08. The van der Waals surface area contributed by atoms with Crippen LogP contribution in [-0.4, -0.2) is 9.97 Å². The molecule has 0 radical (unpaired) electrons. The van der Waals surface area contributed by atoms with Gasteiger partial charge in [0.05, 0.1) is 22.8 Å². The third-order valence-corrected chi connectivity index (χ3v) is 9.21. The maximum Gasteiger partial charge on any atom is 0.0886 e. The predicted octanol–water partition coefficient (Wildman–Crippen LogP) is 10.6. The van der Waals surface area contributed by atoms with Gasteiger partial charge >= 0.3 is 0 Å². The van der Waals surface area contributed by atoms with E-state index < -0.39 is 0 Å². The molecule has 4 aromatic carbocycles. The SMILES string of the molecule is Cc1cc(-c2cc(C)c(N3c4ccccc4Sc4ccccc43)cc2C)c(C)cc1-c1ccc(-c2ccccn2)nc1. The minimum atomic E-state index is 0.883. The molecular weight excluding hydrogens is 531 g/mol. The molecule has 4 heteroatoms. The number of aryl methyl sites for hydroxylation is 4. The fourth-order valence-electron chi connectivity index (χ4n) is 5.93. The van der Waals surface area contributed by atoms with Crippen molar-refractivity contribution in [2.24, 2.45) is 0 Å². The number of hydrogen-bond acceptors (Lipinski definition) is 4. The molecule has 0 saturated heterocycles. The van der Waals surface area contributed by atoms with Crippen LogP contribution in [0.2, 0.25) is 0 Å². The molecule has 204 valence electrons. The second kappa shape index (κ2) is 10.6. The first-order chi connectivity index (χ1) is 20.5. The Balaban J connectivity index is 1.27. The van der Waals surface area contributed by atoms with Crippen molar-refractivity contribution in [1.82, 2.24) is 9.97 Å². The Morgan fingerprint density at radius 3 is 1.71 bits per heavy atom. The minimum Gasteiger partial charge on any atom is -0.308 e. The summed E-state index contributed by atoms with van der Waals surface area (Å²) < 4.78 is 0. The number of pyridine rings is 2. The van der Waals surface area contributed by atoms with E-state index in [0.717, 1.165) is 17.0 Å². The largest absolute Gasteiger partial charge is 0.308 e. The molecular formula is C38H31N3S. The molecule has 0 fully saturated rings. The molecule has 7 rings (SSSR count). The Hall–Kier alpha value is -4.67. The van der Waals surface area contributed by atoms with Crippen LogP contribution in [0.4, 0.5) is 17.1 Å². The maximum absolute atomic E-state index is 4.72. The Kier molecular flexibility index (Phi) is 6.64. The van der Waals surface area contributed by atoms with Crippen LogP contribution in [0.5, 0.6) is 0 Å². The van der Waals surface area contributed by atoms with E-state index in [1.165, 1.54) is 65.8 Å². The van der Waals surface area contributed by atoms with Gasteiger partial charge in [-0.15, -0.1) is 0 Å². The summed E-state index contributed by atoms with van der Waals surface area (Å²) in [7, 11) is 0. The van der Waals surface area contributed by atoms with Gasteiger partial charge in [-0.2, -0.15) is 0 Å². The van der Waals surface area contributed by atoms with Crippen LogP contribution in [0.25, 0.3) is 33.6 Å². The first-order valence-electron chi connectivity index (χ1n) is 14.2. The summed E-state index contributed by atoms with van der Waals surface area (Å²) in [6.07, 6.45) is 3.76. The number of fused-ring (bicyclic) bond motifs is 2. The molecule has 0 saturated carbocycles. The zero-order chi connectivity index (χ0) is 28.8. The number of anilines is 3. The van der Waals surface area contributed by atoms with Crippen LogP contribution < -0.4 is 4.90 Å². The summed E-state index contributed by atoms with van der Waals surface area (Å²) in [4.78, 5) is 14.1. The van der Waals surface area contributed by atoms with Gasteiger partial charge in [-0.1, -0.05) is 60.3 Å². The molecule has 0 unspecified atom stereocenters. The summed E-state index contributed by atoms with van der Waals surface area (Å²) >= 11 is 1.84. The summed E-state index contributed by atoms with van der Waals surface area (Å²) in [5.74, 6) is 0.